The number of Topliss-reactive ketones (excluding diaryl/α,β-unsaturated/α-hetero) is 1. The van der Waals surface area contributed by atoms with Crippen LogP contribution in [0.2, 0.25) is 0 Å². The standard InChI is InChI=1S/C16H17NO2/c1-3-11-17-15(13-7-5-4-6-8-13)10-9-14(12(2)18)16(17)19/h4-10H,3,11H2,1-2H3. The van der Waals surface area contributed by atoms with Crippen LogP contribution in [0.15, 0.2) is 47.3 Å². The van der Waals surface area contributed by atoms with Gasteiger partial charge >= 0.3 is 0 Å². The van der Waals surface area contributed by atoms with Crippen LogP contribution < -0.4 is 5.56 Å². The minimum absolute atomic E-state index is 0.186. The molecule has 0 saturated heterocycles. The third-order valence-corrected chi connectivity index (χ3v) is 3.07. The van der Waals surface area contributed by atoms with E-state index in [0.29, 0.717) is 6.54 Å². The van der Waals surface area contributed by atoms with Crippen LogP contribution in [0.5, 0.6) is 0 Å². The van der Waals surface area contributed by atoms with Crippen LogP contribution in [0.1, 0.15) is 30.6 Å². The molecule has 0 spiro atoms. The summed E-state index contributed by atoms with van der Waals surface area (Å²) in [4.78, 5) is 23.8. The quantitative estimate of drug-likeness (QED) is 0.787. The first kappa shape index (κ1) is 13.3. The molecule has 0 unspecified atom stereocenters. The normalized spacial score (nSPS) is 10.4. The van der Waals surface area contributed by atoms with Crippen LogP contribution in [-0.4, -0.2) is 10.4 Å². The summed E-state index contributed by atoms with van der Waals surface area (Å²) in [5, 5.41) is 0. The maximum absolute atomic E-state index is 12.3. The van der Waals surface area contributed by atoms with Crippen LogP contribution >= 0.6 is 0 Å². The first-order valence-corrected chi connectivity index (χ1v) is 6.45. The Morgan fingerprint density at radius 3 is 2.37 bits per heavy atom. The number of hydrogen-bond donors (Lipinski definition) is 0. The van der Waals surface area contributed by atoms with E-state index in [1.807, 2.05) is 43.3 Å². The molecule has 3 nitrogen and oxygen atoms in total. The molecule has 0 saturated carbocycles. The summed E-state index contributed by atoms with van der Waals surface area (Å²) in [6.45, 7) is 4.06. The predicted molar refractivity (Wildman–Crippen MR) is 76.4 cm³/mol. The van der Waals surface area contributed by atoms with Crippen molar-refractivity contribution in [2.45, 2.75) is 26.8 Å². The molecule has 0 N–H and O–H groups in total. The number of rotatable bonds is 4. The van der Waals surface area contributed by atoms with Gasteiger partial charge in [-0.3, -0.25) is 9.59 Å². The predicted octanol–water partition coefficient (Wildman–Crippen LogP) is 3.13. The molecule has 0 aliphatic heterocycles. The van der Waals surface area contributed by atoms with Gasteiger partial charge in [-0.05, 0) is 31.0 Å². The summed E-state index contributed by atoms with van der Waals surface area (Å²) in [7, 11) is 0. The third-order valence-electron chi connectivity index (χ3n) is 3.07. The number of aromatic nitrogens is 1. The summed E-state index contributed by atoms with van der Waals surface area (Å²) in [6, 6.07) is 13.2. The lowest BCUT2D eigenvalue weighted by atomic mass is 10.1. The van der Waals surface area contributed by atoms with E-state index >= 15 is 0 Å². The summed E-state index contributed by atoms with van der Waals surface area (Å²) >= 11 is 0. The van der Waals surface area contributed by atoms with Crippen molar-refractivity contribution in [2.24, 2.45) is 0 Å². The Balaban J connectivity index is 2.66. The highest BCUT2D eigenvalue weighted by atomic mass is 16.1. The number of carbonyl (C=O) groups is 1. The molecular formula is C16H17NO2. The number of benzene rings is 1. The third kappa shape index (κ3) is 2.65. The molecule has 2 rings (SSSR count). The molecule has 0 radical (unpaired) electrons. The first-order valence-electron chi connectivity index (χ1n) is 6.45. The molecule has 3 heteroatoms. The van der Waals surface area contributed by atoms with E-state index < -0.39 is 0 Å². The topological polar surface area (TPSA) is 39.1 Å². The van der Waals surface area contributed by atoms with Gasteiger partial charge in [-0.2, -0.15) is 0 Å². The van der Waals surface area contributed by atoms with Crippen molar-refractivity contribution in [1.29, 1.82) is 0 Å². The molecule has 0 bridgehead atoms. The Bertz CT molecular complexity index is 642. The van der Waals surface area contributed by atoms with Crippen LogP contribution in [0.25, 0.3) is 11.3 Å². The highest BCUT2D eigenvalue weighted by Crippen LogP contribution is 2.18. The number of carbonyl (C=O) groups excluding carboxylic acids is 1. The van der Waals surface area contributed by atoms with Crippen molar-refractivity contribution in [2.75, 3.05) is 0 Å². The highest BCUT2D eigenvalue weighted by molar-refractivity contribution is 5.93. The second-order valence-electron chi connectivity index (χ2n) is 4.51. The van der Waals surface area contributed by atoms with Crippen molar-refractivity contribution in [3.63, 3.8) is 0 Å². The van der Waals surface area contributed by atoms with Gasteiger partial charge in [0.15, 0.2) is 5.78 Å². The van der Waals surface area contributed by atoms with Gasteiger partial charge in [-0.1, -0.05) is 37.3 Å². The Labute approximate surface area is 112 Å². The van der Waals surface area contributed by atoms with Crippen molar-refractivity contribution in [3.05, 3.63) is 58.4 Å². The van der Waals surface area contributed by atoms with Crippen LogP contribution in [-0.2, 0) is 6.54 Å². The van der Waals surface area contributed by atoms with Crippen LogP contribution in [0.3, 0.4) is 0 Å². The van der Waals surface area contributed by atoms with Gasteiger partial charge in [0.05, 0.1) is 11.3 Å². The average Bonchev–Trinajstić information content (AvgIpc) is 2.41. The summed E-state index contributed by atoms with van der Waals surface area (Å²) in [5.74, 6) is -0.186. The lowest BCUT2D eigenvalue weighted by Crippen LogP contribution is -2.26. The van der Waals surface area contributed by atoms with Gasteiger partial charge < -0.3 is 4.57 Å². The SMILES string of the molecule is CCCn1c(-c2ccccc2)ccc(C(C)=O)c1=O. The monoisotopic (exact) mass is 255 g/mol. The van der Waals surface area contributed by atoms with Gasteiger partial charge in [0.25, 0.3) is 5.56 Å². The van der Waals surface area contributed by atoms with Crippen molar-refractivity contribution < 1.29 is 4.79 Å². The van der Waals surface area contributed by atoms with E-state index in [4.69, 9.17) is 0 Å². The number of nitrogens with zero attached hydrogens (tertiary/aromatic N) is 1. The van der Waals surface area contributed by atoms with E-state index in [9.17, 15) is 9.59 Å². The summed E-state index contributed by atoms with van der Waals surface area (Å²) in [5.41, 5.74) is 1.91. The van der Waals surface area contributed by atoms with Gasteiger partial charge in [0, 0.05) is 6.54 Å². The van der Waals surface area contributed by atoms with Crippen LogP contribution in [0.4, 0.5) is 0 Å². The molecule has 0 fully saturated rings. The van der Waals surface area contributed by atoms with E-state index in [0.717, 1.165) is 17.7 Å². The van der Waals surface area contributed by atoms with Crippen molar-refractivity contribution >= 4 is 5.78 Å². The van der Waals surface area contributed by atoms with Crippen molar-refractivity contribution in [3.8, 4) is 11.3 Å². The number of pyridine rings is 1. The molecule has 1 heterocycles. The molecule has 0 amide bonds. The minimum atomic E-state index is -0.198. The Morgan fingerprint density at radius 1 is 1.11 bits per heavy atom. The number of hydrogen-bond acceptors (Lipinski definition) is 2. The van der Waals surface area contributed by atoms with Gasteiger partial charge in [0.1, 0.15) is 0 Å². The maximum Gasteiger partial charge on any atom is 0.261 e. The molecule has 0 atom stereocenters. The lowest BCUT2D eigenvalue weighted by molar-refractivity contribution is 0.101. The highest BCUT2D eigenvalue weighted by Gasteiger charge is 2.12. The Kier molecular flexibility index (Phi) is 3.95. The molecule has 19 heavy (non-hydrogen) atoms. The van der Waals surface area contributed by atoms with Gasteiger partial charge in [-0.25, -0.2) is 0 Å². The van der Waals surface area contributed by atoms with Gasteiger partial charge in [0.2, 0.25) is 0 Å². The van der Waals surface area contributed by atoms with Crippen molar-refractivity contribution in [1.82, 2.24) is 4.57 Å². The van der Waals surface area contributed by atoms with E-state index in [-0.39, 0.29) is 16.9 Å². The lowest BCUT2D eigenvalue weighted by Gasteiger charge is -2.13. The molecule has 98 valence electrons. The fourth-order valence-electron chi connectivity index (χ4n) is 2.15. The largest absolute Gasteiger partial charge is 0.308 e. The zero-order valence-electron chi connectivity index (χ0n) is 11.2. The van der Waals surface area contributed by atoms with E-state index in [1.54, 1.807) is 10.6 Å². The van der Waals surface area contributed by atoms with Crippen LogP contribution in [0, 0.1) is 0 Å². The fraction of sp³-hybridized carbons (Fsp3) is 0.250. The second kappa shape index (κ2) is 5.65. The van der Waals surface area contributed by atoms with E-state index in [2.05, 4.69) is 0 Å². The molecule has 2 aromatic rings. The summed E-state index contributed by atoms with van der Waals surface area (Å²) in [6.07, 6.45) is 0.848. The molecule has 1 aromatic heterocycles. The Morgan fingerprint density at radius 2 is 1.79 bits per heavy atom. The van der Waals surface area contributed by atoms with Gasteiger partial charge in [-0.15, -0.1) is 0 Å². The maximum atomic E-state index is 12.3. The molecular weight excluding hydrogens is 238 g/mol. The minimum Gasteiger partial charge on any atom is -0.308 e. The molecule has 0 aliphatic rings. The smallest absolute Gasteiger partial charge is 0.261 e. The molecule has 0 aliphatic carbocycles. The first-order chi connectivity index (χ1) is 9.15. The average molecular weight is 255 g/mol. The zero-order chi connectivity index (χ0) is 13.8. The zero-order valence-corrected chi connectivity index (χ0v) is 11.2. The number of ketones is 1. The molecule has 1 aromatic carbocycles. The second-order valence-corrected chi connectivity index (χ2v) is 4.51. The summed E-state index contributed by atoms with van der Waals surface area (Å²) < 4.78 is 1.69. The Hall–Kier alpha value is -2.16. The fourth-order valence-corrected chi connectivity index (χ4v) is 2.15. The van der Waals surface area contributed by atoms with E-state index in [1.165, 1.54) is 6.92 Å².